The highest BCUT2D eigenvalue weighted by Crippen LogP contribution is 2.17. The minimum Gasteiger partial charge on any atom is -0.497 e. The van der Waals surface area contributed by atoms with Crippen molar-refractivity contribution in [2.45, 2.75) is 17.9 Å². The number of carbonyl (C=O) groups is 1. The molecule has 0 fully saturated rings. The average molecular weight is 348 g/mol. The molecule has 0 aromatic heterocycles. The number of hydrogen-bond donors (Lipinski definition) is 2. The van der Waals surface area contributed by atoms with E-state index in [9.17, 15) is 13.2 Å². The Labute approximate surface area is 141 Å². The lowest BCUT2D eigenvalue weighted by atomic mass is 10.1. The van der Waals surface area contributed by atoms with Gasteiger partial charge in [0, 0.05) is 11.9 Å². The van der Waals surface area contributed by atoms with Crippen LogP contribution in [0.5, 0.6) is 5.75 Å². The summed E-state index contributed by atoms with van der Waals surface area (Å²) in [5, 5.41) is 5.53. The molecule has 0 spiro atoms. The highest BCUT2D eigenvalue weighted by Gasteiger charge is 2.12. The molecule has 2 rings (SSSR count). The first kappa shape index (κ1) is 17.8. The second kappa shape index (κ2) is 7.35. The van der Waals surface area contributed by atoms with Crippen LogP contribution < -0.4 is 15.4 Å². The maximum absolute atomic E-state index is 12.0. The monoisotopic (exact) mass is 348 g/mol. The van der Waals surface area contributed by atoms with Gasteiger partial charge in [0.15, 0.2) is 9.84 Å². The number of anilines is 1. The Balaban J connectivity index is 1.97. The van der Waals surface area contributed by atoms with Crippen LogP contribution in [0, 0.1) is 0 Å². The minimum absolute atomic E-state index is 0.251. The quantitative estimate of drug-likeness (QED) is 0.870. The van der Waals surface area contributed by atoms with Gasteiger partial charge in [-0.1, -0.05) is 12.1 Å². The molecule has 2 N–H and O–H groups in total. The lowest BCUT2D eigenvalue weighted by molar-refractivity contribution is 0.249. The van der Waals surface area contributed by atoms with E-state index in [1.54, 1.807) is 43.5 Å². The first-order valence-electron chi connectivity index (χ1n) is 7.31. The number of carbonyl (C=O) groups excluding carboxylic acids is 1. The number of hydrogen-bond acceptors (Lipinski definition) is 4. The predicted molar refractivity (Wildman–Crippen MR) is 93.1 cm³/mol. The predicted octanol–water partition coefficient (Wildman–Crippen LogP) is 2.98. The van der Waals surface area contributed by atoms with Crippen LogP contribution in [0.1, 0.15) is 18.5 Å². The zero-order chi connectivity index (χ0) is 17.7. The van der Waals surface area contributed by atoms with E-state index in [4.69, 9.17) is 4.74 Å². The van der Waals surface area contributed by atoms with Crippen LogP contribution in [0.15, 0.2) is 53.4 Å². The van der Waals surface area contributed by atoms with E-state index in [2.05, 4.69) is 10.6 Å². The SMILES string of the molecule is COc1ccc(NC(=O)N[C@H](C)c2ccc(S(C)(=O)=O)cc2)cc1. The number of urea groups is 1. The van der Waals surface area contributed by atoms with E-state index in [1.165, 1.54) is 12.1 Å². The molecule has 2 amide bonds. The summed E-state index contributed by atoms with van der Waals surface area (Å²) in [6.07, 6.45) is 1.16. The molecule has 0 saturated heterocycles. The molecule has 128 valence electrons. The standard InChI is InChI=1S/C17H20N2O4S/c1-12(13-4-10-16(11-5-13)24(3,21)22)18-17(20)19-14-6-8-15(23-2)9-7-14/h4-12H,1-3H3,(H2,18,19,20)/t12-/m1/s1. The number of benzene rings is 2. The van der Waals surface area contributed by atoms with Gasteiger partial charge in [-0.15, -0.1) is 0 Å². The average Bonchev–Trinajstić information content (AvgIpc) is 2.54. The summed E-state index contributed by atoms with van der Waals surface area (Å²) in [5.74, 6) is 0.709. The van der Waals surface area contributed by atoms with Gasteiger partial charge in [0.05, 0.1) is 18.0 Å². The number of methoxy groups -OCH3 is 1. The van der Waals surface area contributed by atoms with Gasteiger partial charge < -0.3 is 15.4 Å². The molecule has 0 aliphatic rings. The Morgan fingerprint density at radius 3 is 2.12 bits per heavy atom. The fourth-order valence-electron chi connectivity index (χ4n) is 2.13. The van der Waals surface area contributed by atoms with Gasteiger partial charge >= 0.3 is 6.03 Å². The molecular weight excluding hydrogens is 328 g/mol. The van der Waals surface area contributed by atoms with Crippen LogP contribution in [0.2, 0.25) is 0 Å². The molecule has 7 heteroatoms. The van der Waals surface area contributed by atoms with Crippen LogP contribution >= 0.6 is 0 Å². The third kappa shape index (κ3) is 4.73. The minimum atomic E-state index is -3.22. The van der Waals surface area contributed by atoms with Crippen molar-refractivity contribution in [2.75, 3.05) is 18.7 Å². The van der Waals surface area contributed by atoms with E-state index >= 15 is 0 Å². The van der Waals surface area contributed by atoms with Crippen molar-refractivity contribution in [3.8, 4) is 5.75 Å². The van der Waals surface area contributed by atoms with E-state index in [1.807, 2.05) is 6.92 Å². The smallest absolute Gasteiger partial charge is 0.319 e. The Hall–Kier alpha value is -2.54. The van der Waals surface area contributed by atoms with Crippen molar-refractivity contribution in [3.05, 3.63) is 54.1 Å². The number of nitrogens with one attached hydrogen (secondary N) is 2. The van der Waals surface area contributed by atoms with Crippen LogP contribution in [0.25, 0.3) is 0 Å². The molecule has 0 heterocycles. The van der Waals surface area contributed by atoms with Crippen molar-refractivity contribution in [3.63, 3.8) is 0 Å². The van der Waals surface area contributed by atoms with Gasteiger partial charge in [-0.3, -0.25) is 0 Å². The highest BCUT2D eigenvalue weighted by molar-refractivity contribution is 7.90. The second-order valence-corrected chi connectivity index (χ2v) is 7.41. The third-order valence-corrected chi connectivity index (χ3v) is 4.63. The summed E-state index contributed by atoms with van der Waals surface area (Å²) >= 11 is 0. The van der Waals surface area contributed by atoms with E-state index < -0.39 is 9.84 Å². The van der Waals surface area contributed by atoms with Crippen molar-refractivity contribution in [1.29, 1.82) is 0 Å². The molecule has 0 radical (unpaired) electrons. The Bertz CT molecular complexity index is 799. The molecule has 2 aromatic rings. The van der Waals surface area contributed by atoms with Crippen molar-refractivity contribution in [2.24, 2.45) is 0 Å². The summed E-state index contributed by atoms with van der Waals surface area (Å²) in [4.78, 5) is 12.3. The summed E-state index contributed by atoms with van der Waals surface area (Å²) in [5.41, 5.74) is 1.46. The zero-order valence-electron chi connectivity index (χ0n) is 13.7. The van der Waals surface area contributed by atoms with Crippen molar-refractivity contribution in [1.82, 2.24) is 5.32 Å². The fraction of sp³-hybridized carbons (Fsp3) is 0.235. The van der Waals surface area contributed by atoms with E-state index in [0.29, 0.717) is 11.4 Å². The molecule has 0 aliphatic carbocycles. The van der Waals surface area contributed by atoms with Gasteiger partial charge in [0.2, 0.25) is 0 Å². The molecule has 24 heavy (non-hydrogen) atoms. The Morgan fingerprint density at radius 2 is 1.62 bits per heavy atom. The van der Waals surface area contributed by atoms with E-state index in [0.717, 1.165) is 11.8 Å². The maximum Gasteiger partial charge on any atom is 0.319 e. The van der Waals surface area contributed by atoms with Gasteiger partial charge in [0.1, 0.15) is 5.75 Å². The molecule has 6 nitrogen and oxygen atoms in total. The first-order chi connectivity index (χ1) is 11.3. The van der Waals surface area contributed by atoms with Gasteiger partial charge in [-0.05, 0) is 48.9 Å². The van der Waals surface area contributed by atoms with Crippen molar-refractivity contribution >= 4 is 21.6 Å². The lowest BCUT2D eigenvalue weighted by Gasteiger charge is -2.15. The van der Waals surface area contributed by atoms with Crippen LogP contribution in [-0.2, 0) is 9.84 Å². The normalized spacial score (nSPS) is 12.3. The topological polar surface area (TPSA) is 84.5 Å². The maximum atomic E-state index is 12.0. The Morgan fingerprint density at radius 1 is 1.04 bits per heavy atom. The van der Waals surface area contributed by atoms with Gasteiger partial charge in [-0.2, -0.15) is 0 Å². The number of amides is 2. The third-order valence-electron chi connectivity index (χ3n) is 3.50. The van der Waals surface area contributed by atoms with E-state index in [-0.39, 0.29) is 17.0 Å². The highest BCUT2D eigenvalue weighted by atomic mass is 32.2. The molecule has 0 saturated carbocycles. The zero-order valence-corrected chi connectivity index (χ0v) is 14.6. The molecule has 1 atom stereocenters. The molecule has 0 aliphatic heterocycles. The number of rotatable bonds is 5. The largest absolute Gasteiger partial charge is 0.497 e. The van der Waals surface area contributed by atoms with Crippen LogP contribution in [0.3, 0.4) is 0 Å². The summed E-state index contributed by atoms with van der Waals surface area (Å²) in [7, 11) is -1.65. The first-order valence-corrected chi connectivity index (χ1v) is 9.20. The van der Waals surface area contributed by atoms with Crippen molar-refractivity contribution < 1.29 is 17.9 Å². The Kier molecular flexibility index (Phi) is 5.46. The van der Waals surface area contributed by atoms with Crippen LogP contribution in [-0.4, -0.2) is 27.8 Å². The molecule has 0 unspecified atom stereocenters. The van der Waals surface area contributed by atoms with Gasteiger partial charge in [-0.25, -0.2) is 13.2 Å². The molecular formula is C17H20N2O4S. The summed E-state index contributed by atoms with van der Waals surface area (Å²) < 4.78 is 28.0. The summed E-state index contributed by atoms with van der Waals surface area (Å²) in [6.45, 7) is 1.82. The molecule has 0 bridgehead atoms. The van der Waals surface area contributed by atoms with Gasteiger partial charge in [0.25, 0.3) is 0 Å². The summed E-state index contributed by atoms with van der Waals surface area (Å²) in [6, 6.07) is 12.8. The fourth-order valence-corrected chi connectivity index (χ4v) is 2.76. The number of sulfone groups is 1. The molecule has 2 aromatic carbocycles. The lowest BCUT2D eigenvalue weighted by Crippen LogP contribution is -2.31. The number of ether oxygens (including phenoxy) is 1. The second-order valence-electron chi connectivity index (χ2n) is 5.39. The van der Waals surface area contributed by atoms with Crippen LogP contribution in [0.4, 0.5) is 10.5 Å².